The zero-order valence-electron chi connectivity index (χ0n) is 18.2. The van der Waals surface area contributed by atoms with Crippen molar-refractivity contribution >= 4 is 16.8 Å². The van der Waals surface area contributed by atoms with Crippen LogP contribution in [-0.2, 0) is 10.2 Å². The predicted octanol–water partition coefficient (Wildman–Crippen LogP) is 4.90. The van der Waals surface area contributed by atoms with Gasteiger partial charge < -0.3 is 10.6 Å². The fourth-order valence-electron chi connectivity index (χ4n) is 5.16. The van der Waals surface area contributed by atoms with Crippen molar-refractivity contribution in [3.05, 3.63) is 78.0 Å². The van der Waals surface area contributed by atoms with Crippen LogP contribution in [-0.4, -0.2) is 23.5 Å². The summed E-state index contributed by atoms with van der Waals surface area (Å²) in [6.45, 7) is 3.28. The van der Waals surface area contributed by atoms with E-state index < -0.39 is 0 Å². The molecular weight excluding hydrogens is 382 g/mol. The van der Waals surface area contributed by atoms with Crippen LogP contribution in [0.3, 0.4) is 0 Å². The molecule has 2 aromatic carbocycles. The summed E-state index contributed by atoms with van der Waals surface area (Å²) < 4.78 is 0. The van der Waals surface area contributed by atoms with Gasteiger partial charge in [-0.25, -0.2) is 0 Å². The standard InChI is InChI=1S/C27H31N3O/c1-2-19-12-13-24(29-18-19)25(22-14-17-28-23-11-7-6-10-21(22)23)30-26(31)27(15-16-27)20-8-4-3-5-9-20/h3-11,14,17,19,24-25,29H,2,12-13,15-16,18H2,1H3,(H,30,31)/t19?,24-,25?/m1/s1. The van der Waals surface area contributed by atoms with Gasteiger partial charge in [-0.05, 0) is 61.4 Å². The minimum Gasteiger partial charge on any atom is -0.347 e. The van der Waals surface area contributed by atoms with Crippen LogP contribution >= 0.6 is 0 Å². The molecule has 0 radical (unpaired) electrons. The SMILES string of the molecule is CCC1CC[C@H](C(NC(=O)C2(c3ccccc3)CC2)c2ccnc3ccccc23)NC1. The molecule has 1 aliphatic carbocycles. The van der Waals surface area contributed by atoms with E-state index >= 15 is 0 Å². The number of carbonyl (C=O) groups excluding carboxylic acids is 1. The van der Waals surface area contributed by atoms with Crippen molar-refractivity contribution in [1.82, 2.24) is 15.6 Å². The molecule has 3 aromatic rings. The number of hydrogen-bond donors (Lipinski definition) is 2. The molecule has 2 heterocycles. The number of hydrogen-bond acceptors (Lipinski definition) is 3. The Balaban J connectivity index is 1.48. The summed E-state index contributed by atoms with van der Waals surface area (Å²) in [5.41, 5.74) is 2.90. The quantitative estimate of drug-likeness (QED) is 0.604. The van der Waals surface area contributed by atoms with Gasteiger partial charge in [0.05, 0.1) is 17.0 Å². The first kappa shape index (κ1) is 20.2. The normalized spacial score (nSPS) is 23.3. The second-order valence-corrected chi connectivity index (χ2v) is 9.18. The van der Waals surface area contributed by atoms with Gasteiger partial charge in [-0.15, -0.1) is 0 Å². The zero-order valence-corrected chi connectivity index (χ0v) is 18.2. The fraction of sp³-hybridized carbons (Fsp3) is 0.407. The highest BCUT2D eigenvalue weighted by molar-refractivity contribution is 5.92. The van der Waals surface area contributed by atoms with E-state index in [1.54, 1.807) is 0 Å². The molecule has 1 saturated carbocycles. The lowest BCUT2D eigenvalue weighted by atomic mass is 9.85. The molecule has 1 aliphatic heterocycles. The molecule has 1 aromatic heterocycles. The van der Waals surface area contributed by atoms with Gasteiger partial charge in [-0.1, -0.05) is 61.9 Å². The van der Waals surface area contributed by atoms with Crippen LogP contribution in [0.1, 0.15) is 56.2 Å². The number of fused-ring (bicyclic) bond motifs is 1. The Bertz CT molecular complexity index is 1050. The third-order valence-corrected chi connectivity index (χ3v) is 7.35. The van der Waals surface area contributed by atoms with E-state index in [0.29, 0.717) is 0 Å². The number of piperidine rings is 1. The Hall–Kier alpha value is -2.72. The lowest BCUT2D eigenvalue weighted by molar-refractivity contribution is -0.124. The van der Waals surface area contributed by atoms with E-state index in [-0.39, 0.29) is 23.4 Å². The van der Waals surface area contributed by atoms with Crippen molar-refractivity contribution in [3.63, 3.8) is 0 Å². The van der Waals surface area contributed by atoms with Crippen molar-refractivity contribution in [2.24, 2.45) is 5.92 Å². The van der Waals surface area contributed by atoms with Gasteiger partial charge in [0.1, 0.15) is 0 Å². The molecule has 2 N–H and O–H groups in total. The first-order valence-corrected chi connectivity index (χ1v) is 11.6. The summed E-state index contributed by atoms with van der Waals surface area (Å²) in [7, 11) is 0. The number of carbonyl (C=O) groups is 1. The second-order valence-electron chi connectivity index (χ2n) is 9.18. The van der Waals surface area contributed by atoms with Gasteiger partial charge in [-0.3, -0.25) is 9.78 Å². The largest absolute Gasteiger partial charge is 0.347 e. The van der Waals surface area contributed by atoms with Crippen LogP contribution in [0, 0.1) is 5.92 Å². The monoisotopic (exact) mass is 413 g/mol. The van der Waals surface area contributed by atoms with Crippen molar-refractivity contribution in [3.8, 4) is 0 Å². The van der Waals surface area contributed by atoms with Crippen LogP contribution < -0.4 is 10.6 Å². The number of nitrogens with one attached hydrogen (secondary N) is 2. The Kier molecular flexibility index (Phi) is 5.49. The summed E-state index contributed by atoms with van der Waals surface area (Å²) >= 11 is 0. The van der Waals surface area contributed by atoms with Gasteiger partial charge in [0.25, 0.3) is 0 Å². The number of pyridine rings is 1. The van der Waals surface area contributed by atoms with Crippen LogP contribution in [0.15, 0.2) is 66.9 Å². The Morgan fingerprint density at radius 2 is 1.87 bits per heavy atom. The highest BCUT2D eigenvalue weighted by Gasteiger charge is 2.52. The summed E-state index contributed by atoms with van der Waals surface area (Å²) in [6, 6.07) is 20.7. The molecule has 2 unspecified atom stereocenters. The molecule has 4 nitrogen and oxygen atoms in total. The van der Waals surface area contributed by atoms with Gasteiger partial charge in [0.2, 0.25) is 5.91 Å². The van der Waals surface area contributed by atoms with Gasteiger partial charge in [-0.2, -0.15) is 0 Å². The predicted molar refractivity (Wildman–Crippen MR) is 125 cm³/mol. The number of rotatable bonds is 6. The topological polar surface area (TPSA) is 54.0 Å². The maximum atomic E-state index is 13.7. The molecule has 4 heteroatoms. The number of nitrogens with zero attached hydrogens (tertiary/aromatic N) is 1. The molecule has 3 atom stereocenters. The summed E-state index contributed by atoms with van der Waals surface area (Å²) in [4.78, 5) is 18.2. The highest BCUT2D eigenvalue weighted by Crippen LogP contribution is 2.49. The number of para-hydroxylation sites is 1. The lowest BCUT2D eigenvalue weighted by Gasteiger charge is -2.36. The molecule has 31 heavy (non-hydrogen) atoms. The molecule has 2 aliphatic rings. The molecule has 5 rings (SSSR count). The second kappa shape index (κ2) is 8.43. The summed E-state index contributed by atoms with van der Waals surface area (Å²) in [6.07, 6.45) is 7.18. The van der Waals surface area contributed by atoms with E-state index in [4.69, 9.17) is 0 Å². The van der Waals surface area contributed by atoms with Crippen LogP contribution in [0.2, 0.25) is 0 Å². The van der Waals surface area contributed by atoms with Crippen molar-refractivity contribution in [1.29, 1.82) is 0 Å². The smallest absolute Gasteiger partial charge is 0.231 e. The zero-order chi connectivity index (χ0) is 21.3. The molecular formula is C27H31N3O. The summed E-state index contributed by atoms with van der Waals surface area (Å²) in [5, 5.41) is 8.39. The maximum absolute atomic E-state index is 13.7. The van der Waals surface area contributed by atoms with E-state index in [9.17, 15) is 4.79 Å². The van der Waals surface area contributed by atoms with Crippen LogP contribution in [0.4, 0.5) is 0 Å². The Morgan fingerprint density at radius 1 is 1.10 bits per heavy atom. The molecule has 1 saturated heterocycles. The van der Waals surface area contributed by atoms with Crippen molar-refractivity contribution in [2.75, 3.05) is 6.54 Å². The minimum atomic E-state index is -0.372. The van der Waals surface area contributed by atoms with Crippen LogP contribution in [0.5, 0.6) is 0 Å². The Morgan fingerprint density at radius 3 is 2.58 bits per heavy atom. The number of aromatic nitrogens is 1. The fourth-order valence-corrected chi connectivity index (χ4v) is 5.16. The van der Waals surface area contributed by atoms with E-state index in [1.807, 2.05) is 36.5 Å². The van der Waals surface area contributed by atoms with Gasteiger partial charge >= 0.3 is 0 Å². The summed E-state index contributed by atoms with van der Waals surface area (Å²) in [5.74, 6) is 0.880. The van der Waals surface area contributed by atoms with Crippen molar-refractivity contribution in [2.45, 2.75) is 56.5 Å². The molecule has 2 fully saturated rings. The molecule has 160 valence electrons. The average molecular weight is 414 g/mol. The minimum absolute atomic E-state index is 0.0700. The maximum Gasteiger partial charge on any atom is 0.231 e. The van der Waals surface area contributed by atoms with Gasteiger partial charge in [0.15, 0.2) is 0 Å². The molecule has 0 bridgehead atoms. The molecule has 1 amide bonds. The highest BCUT2D eigenvalue weighted by atomic mass is 16.2. The van der Waals surface area contributed by atoms with E-state index in [1.165, 1.54) is 12.8 Å². The Labute approximate surface area is 184 Å². The molecule has 0 spiro atoms. The third-order valence-electron chi connectivity index (χ3n) is 7.35. The first-order valence-electron chi connectivity index (χ1n) is 11.6. The number of amides is 1. The third kappa shape index (κ3) is 3.85. The average Bonchev–Trinajstić information content (AvgIpc) is 3.65. The van der Waals surface area contributed by atoms with Crippen LogP contribution in [0.25, 0.3) is 10.9 Å². The van der Waals surface area contributed by atoms with E-state index in [0.717, 1.165) is 53.8 Å². The van der Waals surface area contributed by atoms with E-state index in [2.05, 4.69) is 52.9 Å². The number of benzene rings is 2. The first-order chi connectivity index (χ1) is 15.2. The lowest BCUT2D eigenvalue weighted by Crippen LogP contribution is -2.50. The van der Waals surface area contributed by atoms with Crippen molar-refractivity contribution < 1.29 is 4.79 Å². The van der Waals surface area contributed by atoms with Gasteiger partial charge in [0, 0.05) is 17.6 Å².